The lowest BCUT2D eigenvalue weighted by Gasteiger charge is -2.17. The van der Waals surface area contributed by atoms with Crippen molar-refractivity contribution in [2.45, 2.75) is 32.7 Å². The van der Waals surface area contributed by atoms with Crippen LogP contribution < -0.4 is 10.6 Å². The average Bonchev–Trinajstić information content (AvgIpc) is 2.91. The third-order valence-electron chi connectivity index (χ3n) is 3.53. The molecule has 20 heavy (non-hydrogen) atoms. The van der Waals surface area contributed by atoms with Gasteiger partial charge in [-0.05, 0) is 51.9 Å². The Bertz CT molecular complexity index is 439. The molecule has 4 heteroatoms. The monoisotopic (exact) mass is 275 g/mol. The molecule has 110 valence electrons. The molecule has 0 saturated carbocycles. The van der Waals surface area contributed by atoms with E-state index in [1.54, 1.807) is 0 Å². The van der Waals surface area contributed by atoms with Gasteiger partial charge >= 0.3 is 0 Å². The molecule has 1 aliphatic rings. The molecule has 1 saturated heterocycles. The first-order valence-electron chi connectivity index (χ1n) is 7.53. The minimum atomic E-state index is 0.00736. The van der Waals surface area contributed by atoms with E-state index in [9.17, 15) is 4.79 Å². The van der Waals surface area contributed by atoms with Crippen LogP contribution in [0.25, 0.3) is 0 Å². The van der Waals surface area contributed by atoms with Gasteiger partial charge in [0.2, 0.25) is 0 Å². The normalized spacial score (nSPS) is 15.6. The number of hydrogen-bond acceptors (Lipinski definition) is 3. The molecule has 2 rings (SSSR count). The fourth-order valence-corrected chi connectivity index (χ4v) is 2.55. The summed E-state index contributed by atoms with van der Waals surface area (Å²) >= 11 is 0. The minimum Gasteiger partial charge on any atom is -0.382 e. The lowest BCUT2D eigenvalue weighted by atomic mass is 10.1. The molecule has 0 spiro atoms. The number of nitrogens with one attached hydrogen (secondary N) is 2. The molecular weight excluding hydrogens is 250 g/mol. The highest BCUT2D eigenvalue weighted by Crippen LogP contribution is 2.15. The Labute approximate surface area is 121 Å². The van der Waals surface area contributed by atoms with Crippen molar-refractivity contribution in [3.8, 4) is 0 Å². The Balaban J connectivity index is 1.87. The first-order valence-corrected chi connectivity index (χ1v) is 7.53. The number of hydrogen-bond donors (Lipinski definition) is 2. The molecule has 1 aliphatic heterocycles. The zero-order chi connectivity index (χ0) is 14.4. The summed E-state index contributed by atoms with van der Waals surface area (Å²) in [6, 6.07) is 7.99. The van der Waals surface area contributed by atoms with Gasteiger partial charge in [0.25, 0.3) is 5.91 Å². The molecule has 0 unspecified atom stereocenters. The van der Waals surface area contributed by atoms with Crippen molar-refractivity contribution in [2.24, 2.45) is 0 Å². The summed E-state index contributed by atoms with van der Waals surface area (Å²) in [5, 5.41) is 6.33. The average molecular weight is 275 g/mol. The second-order valence-corrected chi connectivity index (χ2v) is 5.65. The zero-order valence-electron chi connectivity index (χ0n) is 12.5. The fourth-order valence-electron chi connectivity index (χ4n) is 2.55. The second-order valence-electron chi connectivity index (χ2n) is 5.65. The molecule has 1 aromatic rings. The van der Waals surface area contributed by atoms with Gasteiger partial charge in [-0.3, -0.25) is 4.79 Å². The maximum atomic E-state index is 12.3. The van der Waals surface area contributed by atoms with Crippen molar-refractivity contribution < 1.29 is 4.79 Å². The van der Waals surface area contributed by atoms with Crippen LogP contribution in [0.3, 0.4) is 0 Å². The number of rotatable bonds is 6. The lowest BCUT2D eigenvalue weighted by Crippen LogP contribution is -2.33. The number of anilines is 1. The first-order chi connectivity index (χ1) is 9.66. The first kappa shape index (κ1) is 14.9. The second kappa shape index (κ2) is 7.29. The molecule has 4 nitrogen and oxygen atoms in total. The van der Waals surface area contributed by atoms with E-state index < -0.39 is 0 Å². The number of carbonyl (C=O) groups is 1. The predicted molar refractivity (Wildman–Crippen MR) is 83.2 cm³/mol. The van der Waals surface area contributed by atoms with Crippen LogP contribution in [0, 0.1) is 0 Å². The Morgan fingerprint density at radius 1 is 1.25 bits per heavy atom. The number of amides is 1. The van der Waals surface area contributed by atoms with Crippen LogP contribution in [0.1, 0.15) is 37.0 Å². The molecular formula is C16H25N3O. The van der Waals surface area contributed by atoms with E-state index in [1.165, 1.54) is 25.9 Å². The summed E-state index contributed by atoms with van der Waals surface area (Å²) in [7, 11) is 0. The number of likely N-dealkylation sites (tertiary alicyclic amines) is 1. The van der Waals surface area contributed by atoms with Gasteiger partial charge in [-0.25, -0.2) is 0 Å². The SMILES string of the molecule is CC(C)Nc1ccccc1C(=O)NCCN1CCCC1. The van der Waals surface area contributed by atoms with Crippen LogP contribution >= 0.6 is 0 Å². The van der Waals surface area contributed by atoms with E-state index in [1.807, 2.05) is 24.3 Å². The summed E-state index contributed by atoms with van der Waals surface area (Å²) < 4.78 is 0. The highest BCUT2D eigenvalue weighted by Gasteiger charge is 2.13. The number of nitrogens with zero attached hydrogens (tertiary/aromatic N) is 1. The van der Waals surface area contributed by atoms with E-state index in [4.69, 9.17) is 0 Å². The van der Waals surface area contributed by atoms with Crippen LogP contribution in [-0.2, 0) is 0 Å². The van der Waals surface area contributed by atoms with Crippen molar-refractivity contribution in [2.75, 3.05) is 31.5 Å². The molecule has 1 aromatic carbocycles. The Morgan fingerprint density at radius 3 is 2.65 bits per heavy atom. The van der Waals surface area contributed by atoms with Gasteiger partial charge in [-0.1, -0.05) is 12.1 Å². The van der Waals surface area contributed by atoms with Gasteiger partial charge in [-0.15, -0.1) is 0 Å². The number of benzene rings is 1. The van der Waals surface area contributed by atoms with Crippen LogP contribution in [0.2, 0.25) is 0 Å². The molecule has 0 bridgehead atoms. The zero-order valence-corrected chi connectivity index (χ0v) is 12.5. The Hall–Kier alpha value is -1.55. The van der Waals surface area contributed by atoms with Gasteiger partial charge in [0, 0.05) is 24.8 Å². The van der Waals surface area contributed by atoms with E-state index in [0.717, 1.165) is 24.3 Å². The molecule has 0 radical (unpaired) electrons. The van der Waals surface area contributed by atoms with Crippen molar-refractivity contribution >= 4 is 11.6 Å². The third kappa shape index (κ3) is 4.23. The van der Waals surface area contributed by atoms with Crippen LogP contribution in [0.4, 0.5) is 5.69 Å². The van der Waals surface area contributed by atoms with Crippen LogP contribution in [0.5, 0.6) is 0 Å². The minimum absolute atomic E-state index is 0.00736. The topological polar surface area (TPSA) is 44.4 Å². The fraction of sp³-hybridized carbons (Fsp3) is 0.562. The van der Waals surface area contributed by atoms with Crippen molar-refractivity contribution in [1.29, 1.82) is 0 Å². The smallest absolute Gasteiger partial charge is 0.253 e. The van der Waals surface area contributed by atoms with Crippen molar-refractivity contribution in [3.63, 3.8) is 0 Å². The summed E-state index contributed by atoms with van der Waals surface area (Å²) in [6.07, 6.45) is 2.57. The predicted octanol–water partition coefficient (Wildman–Crippen LogP) is 2.33. The summed E-state index contributed by atoms with van der Waals surface area (Å²) in [5.74, 6) is 0.00736. The molecule has 0 atom stereocenters. The molecule has 2 N–H and O–H groups in total. The molecule has 0 aromatic heterocycles. The maximum Gasteiger partial charge on any atom is 0.253 e. The molecule has 0 aliphatic carbocycles. The third-order valence-corrected chi connectivity index (χ3v) is 3.53. The van der Waals surface area contributed by atoms with Crippen molar-refractivity contribution in [3.05, 3.63) is 29.8 Å². The van der Waals surface area contributed by atoms with E-state index in [-0.39, 0.29) is 5.91 Å². The number of para-hydroxylation sites is 1. The maximum absolute atomic E-state index is 12.3. The van der Waals surface area contributed by atoms with E-state index in [0.29, 0.717) is 6.04 Å². The standard InChI is InChI=1S/C16H25N3O/c1-13(2)18-15-8-4-3-7-14(15)16(20)17-9-12-19-10-5-6-11-19/h3-4,7-8,13,18H,5-6,9-12H2,1-2H3,(H,17,20). The van der Waals surface area contributed by atoms with Crippen molar-refractivity contribution in [1.82, 2.24) is 10.2 Å². The summed E-state index contributed by atoms with van der Waals surface area (Å²) in [5.41, 5.74) is 1.63. The summed E-state index contributed by atoms with van der Waals surface area (Å²) in [4.78, 5) is 14.7. The highest BCUT2D eigenvalue weighted by molar-refractivity contribution is 5.99. The molecule has 1 amide bonds. The van der Waals surface area contributed by atoms with E-state index in [2.05, 4.69) is 29.4 Å². The van der Waals surface area contributed by atoms with Gasteiger partial charge < -0.3 is 15.5 Å². The van der Waals surface area contributed by atoms with E-state index >= 15 is 0 Å². The van der Waals surface area contributed by atoms with Gasteiger partial charge in [0.1, 0.15) is 0 Å². The Kier molecular flexibility index (Phi) is 5.41. The molecule has 1 fully saturated rings. The van der Waals surface area contributed by atoms with Gasteiger partial charge in [0.15, 0.2) is 0 Å². The molecule has 1 heterocycles. The van der Waals surface area contributed by atoms with Gasteiger partial charge in [0.05, 0.1) is 5.56 Å². The van der Waals surface area contributed by atoms with Crippen LogP contribution in [0.15, 0.2) is 24.3 Å². The quantitative estimate of drug-likeness (QED) is 0.837. The van der Waals surface area contributed by atoms with Crippen LogP contribution in [-0.4, -0.2) is 43.0 Å². The highest BCUT2D eigenvalue weighted by atomic mass is 16.1. The Morgan fingerprint density at radius 2 is 1.95 bits per heavy atom. The van der Waals surface area contributed by atoms with Gasteiger partial charge in [-0.2, -0.15) is 0 Å². The number of carbonyl (C=O) groups excluding carboxylic acids is 1. The summed E-state index contributed by atoms with van der Waals surface area (Å²) in [6.45, 7) is 8.15. The largest absolute Gasteiger partial charge is 0.382 e. The lowest BCUT2D eigenvalue weighted by molar-refractivity contribution is 0.0950.